The molecule has 1 rings (SSSR count). The van der Waals surface area contributed by atoms with Gasteiger partial charge >= 0.3 is 0 Å². The maximum absolute atomic E-state index is 9.02. The molecule has 0 amide bonds. The first-order valence-electron chi connectivity index (χ1n) is 5.56. The highest BCUT2D eigenvalue weighted by atomic mass is 16.4. The van der Waals surface area contributed by atoms with Gasteiger partial charge in [0.05, 0.1) is 18.8 Å². The first-order chi connectivity index (χ1) is 8.63. The number of hydrogen-bond acceptors (Lipinski definition) is 6. The quantitative estimate of drug-likeness (QED) is 0.230. The van der Waals surface area contributed by atoms with Crippen molar-refractivity contribution in [3.8, 4) is 0 Å². The molecule has 0 fully saturated rings. The Labute approximate surface area is 105 Å². The molecule has 0 unspecified atom stereocenters. The molecule has 5 N–H and O–H groups in total. The van der Waals surface area contributed by atoms with Gasteiger partial charge in [-0.05, 0) is 19.1 Å². The van der Waals surface area contributed by atoms with E-state index in [1.807, 2.05) is 6.92 Å². The van der Waals surface area contributed by atoms with Gasteiger partial charge in [0.25, 0.3) is 0 Å². The average molecular weight is 254 g/mol. The van der Waals surface area contributed by atoms with E-state index in [0.717, 1.165) is 5.69 Å². The molecule has 1 aromatic rings. The number of aryl methyl sites for hydroxylation is 1. The number of aromatic nitrogens is 1. The van der Waals surface area contributed by atoms with Crippen LogP contribution in [0.15, 0.2) is 17.3 Å². The second kappa shape index (κ2) is 6.77. The normalized spacial score (nSPS) is 11.6. The number of amidine groups is 1. The third-order valence-corrected chi connectivity index (χ3v) is 2.44. The number of aliphatic hydroxyl groups is 2. The third-order valence-electron chi connectivity index (χ3n) is 2.44. The van der Waals surface area contributed by atoms with Crippen molar-refractivity contribution in [1.82, 2.24) is 4.98 Å². The molecule has 0 aliphatic heterocycles. The summed E-state index contributed by atoms with van der Waals surface area (Å²) < 4.78 is 0. The smallest absolute Gasteiger partial charge is 0.173 e. The molecule has 0 saturated heterocycles. The number of nitrogens with two attached hydrogens (primary N) is 1. The number of nitrogens with zero attached hydrogens (tertiary/aromatic N) is 3. The SMILES string of the molecule is Cc1ccc(C(N)=NO)c(N(CCO)CCO)n1. The van der Waals surface area contributed by atoms with Crippen molar-refractivity contribution in [2.45, 2.75) is 6.92 Å². The number of aliphatic hydroxyl groups excluding tert-OH is 2. The van der Waals surface area contributed by atoms with E-state index in [-0.39, 0.29) is 19.0 Å². The second-order valence-electron chi connectivity index (χ2n) is 3.74. The van der Waals surface area contributed by atoms with E-state index < -0.39 is 0 Å². The van der Waals surface area contributed by atoms with Crippen LogP contribution in [0.5, 0.6) is 0 Å². The molecule has 0 bridgehead atoms. The van der Waals surface area contributed by atoms with Gasteiger partial charge in [0.15, 0.2) is 5.84 Å². The standard InChI is InChI=1S/C11H18N4O3/c1-8-2-3-9(10(12)14-18)11(13-8)15(4-6-16)5-7-17/h2-3,16-18H,4-7H2,1H3,(H2,12,14). The van der Waals surface area contributed by atoms with Crippen molar-refractivity contribution < 1.29 is 15.4 Å². The topological polar surface area (TPSA) is 115 Å². The molecule has 0 aliphatic rings. The molecular formula is C11H18N4O3. The summed E-state index contributed by atoms with van der Waals surface area (Å²) in [5.41, 5.74) is 6.81. The van der Waals surface area contributed by atoms with Crippen LogP contribution in [0.25, 0.3) is 0 Å². The summed E-state index contributed by atoms with van der Waals surface area (Å²) in [5.74, 6) is 0.423. The van der Waals surface area contributed by atoms with Gasteiger partial charge in [0, 0.05) is 18.8 Å². The lowest BCUT2D eigenvalue weighted by Gasteiger charge is -2.24. The Morgan fingerprint density at radius 3 is 2.44 bits per heavy atom. The Morgan fingerprint density at radius 2 is 1.94 bits per heavy atom. The monoisotopic (exact) mass is 254 g/mol. The summed E-state index contributed by atoms with van der Waals surface area (Å²) in [6.45, 7) is 2.28. The Balaban J connectivity index is 3.20. The minimum Gasteiger partial charge on any atom is -0.409 e. The van der Waals surface area contributed by atoms with Gasteiger partial charge in [-0.3, -0.25) is 0 Å². The van der Waals surface area contributed by atoms with Crippen molar-refractivity contribution in [2.75, 3.05) is 31.2 Å². The summed E-state index contributed by atoms with van der Waals surface area (Å²) in [5, 5.41) is 29.7. The lowest BCUT2D eigenvalue weighted by molar-refractivity contribution is 0.280. The van der Waals surface area contributed by atoms with Crippen LogP contribution in [0.2, 0.25) is 0 Å². The van der Waals surface area contributed by atoms with E-state index in [1.54, 1.807) is 17.0 Å². The molecular weight excluding hydrogens is 236 g/mol. The number of anilines is 1. The molecule has 7 heteroatoms. The minimum absolute atomic E-state index is 0.0571. The van der Waals surface area contributed by atoms with E-state index in [2.05, 4.69) is 10.1 Å². The van der Waals surface area contributed by atoms with Crippen LogP contribution in [0.1, 0.15) is 11.3 Å². The highest BCUT2D eigenvalue weighted by Gasteiger charge is 2.15. The van der Waals surface area contributed by atoms with Gasteiger partial charge in [-0.1, -0.05) is 5.16 Å². The van der Waals surface area contributed by atoms with Crippen molar-refractivity contribution in [1.29, 1.82) is 0 Å². The van der Waals surface area contributed by atoms with E-state index in [9.17, 15) is 0 Å². The fraction of sp³-hybridized carbons (Fsp3) is 0.455. The van der Waals surface area contributed by atoms with Crippen molar-refractivity contribution in [3.05, 3.63) is 23.4 Å². The predicted molar refractivity (Wildman–Crippen MR) is 67.9 cm³/mol. The van der Waals surface area contributed by atoms with Gasteiger partial charge in [-0.25, -0.2) is 4.98 Å². The second-order valence-corrected chi connectivity index (χ2v) is 3.74. The summed E-state index contributed by atoms with van der Waals surface area (Å²) in [4.78, 5) is 5.99. The molecule has 0 atom stereocenters. The average Bonchev–Trinajstić information content (AvgIpc) is 2.37. The number of hydrogen-bond donors (Lipinski definition) is 4. The zero-order valence-corrected chi connectivity index (χ0v) is 10.2. The molecule has 100 valence electrons. The first kappa shape index (κ1) is 14.2. The van der Waals surface area contributed by atoms with Crippen LogP contribution >= 0.6 is 0 Å². The van der Waals surface area contributed by atoms with E-state index >= 15 is 0 Å². The van der Waals surface area contributed by atoms with Crippen molar-refractivity contribution in [2.24, 2.45) is 10.9 Å². The Kier molecular flexibility index (Phi) is 5.34. The van der Waals surface area contributed by atoms with Crippen LogP contribution < -0.4 is 10.6 Å². The van der Waals surface area contributed by atoms with Crippen LogP contribution in [0.3, 0.4) is 0 Å². The maximum atomic E-state index is 9.02. The molecule has 1 heterocycles. The Hall–Kier alpha value is -1.86. The summed E-state index contributed by atoms with van der Waals surface area (Å²) in [6.07, 6.45) is 0. The van der Waals surface area contributed by atoms with Gasteiger partial charge in [0.1, 0.15) is 5.82 Å². The fourth-order valence-electron chi connectivity index (χ4n) is 1.60. The van der Waals surface area contributed by atoms with Crippen molar-refractivity contribution in [3.63, 3.8) is 0 Å². The third kappa shape index (κ3) is 3.31. The molecule has 0 aliphatic carbocycles. The van der Waals surface area contributed by atoms with Gasteiger partial charge in [-0.15, -0.1) is 0 Å². The van der Waals surface area contributed by atoms with E-state index in [1.165, 1.54) is 0 Å². The van der Waals surface area contributed by atoms with Crippen LogP contribution in [-0.2, 0) is 0 Å². The van der Waals surface area contributed by atoms with Crippen LogP contribution in [0.4, 0.5) is 5.82 Å². The Morgan fingerprint density at radius 1 is 1.33 bits per heavy atom. The molecule has 0 spiro atoms. The number of rotatable bonds is 6. The van der Waals surface area contributed by atoms with Gasteiger partial charge in [-0.2, -0.15) is 0 Å². The number of oxime groups is 1. The summed E-state index contributed by atoms with van der Waals surface area (Å²) in [7, 11) is 0. The maximum Gasteiger partial charge on any atom is 0.173 e. The van der Waals surface area contributed by atoms with Gasteiger partial charge < -0.3 is 26.1 Å². The zero-order valence-electron chi connectivity index (χ0n) is 10.2. The zero-order chi connectivity index (χ0) is 13.5. The van der Waals surface area contributed by atoms with E-state index in [0.29, 0.717) is 24.5 Å². The Bertz CT molecular complexity index is 417. The predicted octanol–water partition coefficient (Wildman–Crippen LogP) is -0.724. The molecule has 1 aromatic heterocycles. The fourth-order valence-corrected chi connectivity index (χ4v) is 1.60. The summed E-state index contributed by atoms with van der Waals surface area (Å²) in [6, 6.07) is 3.43. The van der Waals surface area contributed by atoms with Crippen LogP contribution in [-0.4, -0.2) is 52.5 Å². The lowest BCUT2D eigenvalue weighted by Crippen LogP contribution is -2.33. The van der Waals surface area contributed by atoms with E-state index in [4.69, 9.17) is 21.2 Å². The highest BCUT2D eigenvalue weighted by molar-refractivity contribution is 6.01. The first-order valence-corrected chi connectivity index (χ1v) is 5.56. The molecule has 0 saturated carbocycles. The number of pyridine rings is 1. The van der Waals surface area contributed by atoms with Gasteiger partial charge in [0.2, 0.25) is 0 Å². The van der Waals surface area contributed by atoms with Crippen molar-refractivity contribution >= 4 is 11.7 Å². The molecule has 0 aromatic carbocycles. The highest BCUT2D eigenvalue weighted by Crippen LogP contribution is 2.18. The molecule has 18 heavy (non-hydrogen) atoms. The summed E-state index contributed by atoms with van der Waals surface area (Å²) >= 11 is 0. The van der Waals surface area contributed by atoms with Crippen LogP contribution in [0, 0.1) is 6.92 Å². The molecule has 7 nitrogen and oxygen atoms in total. The minimum atomic E-state index is -0.0781. The molecule has 0 radical (unpaired) electrons. The largest absolute Gasteiger partial charge is 0.409 e. The lowest BCUT2D eigenvalue weighted by atomic mass is 10.2.